The fraction of sp³-hybridized carbons (Fsp3) is 0.538. The predicted octanol–water partition coefficient (Wildman–Crippen LogP) is 2.71. The minimum absolute atomic E-state index is 0. The highest BCUT2D eigenvalue weighted by Crippen LogP contribution is 2.32. The summed E-state index contributed by atoms with van der Waals surface area (Å²) in [7, 11) is -4.19. The summed E-state index contributed by atoms with van der Waals surface area (Å²) in [5.41, 5.74) is 4.20. The third kappa shape index (κ3) is 5.58. The fourth-order valence-electron chi connectivity index (χ4n) is 2.35. The molecule has 1 atom stereocenters. The van der Waals surface area contributed by atoms with Crippen LogP contribution in [0.15, 0.2) is 23.1 Å². The lowest BCUT2D eigenvalue weighted by molar-refractivity contribution is -0.387. The summed E-state index contributed by atoms with van der Waals surface area (Å²) in [6.45, 7) is 5.58. The maximum Gasteiger partial charge on any atom is 0.290 e. The molecule has 0 aromatic heterocycles. The van der Waals surface area contributed by atoms with Gasteiger partial charge in [-0.15, -0.1) is 12.4 Å². The van der Waals surface area contributed by atoms with Gasteiger partial charge in [0.25, 0.3) is 5.69 Å². The molecule has 1 rings (SSSR count). The van der Waals surface area contributed by atoms with Crippen LogP contribution in [0.4, 0.5) is 5.69 Å². The molecule has 0 heterocycles. The third-order valence-corrected chi connectivity index (χ3v) is 5.26. The van der Waals surface area contributed by atoms with Crippen LogP contribution < -0.4 is 10.5 Å². The first-order valence-electron chi connectivity index (χ1n) is 6.69. The fourth-order valence-corrected chi connectivity index (χ4v) is 4.48. The average molecular weight is 386 g/mol. The number of hydrogen-bond donors (Lipinski definition) is 2. The van der Waals surface area contributed by atoms with Crippen molar-refractivity contribution in [1.82, 2.24) is 4.72 Å². The van der Waals surface area contributed by atoms with Crippen LogP contribution in [0.2, 0.25) is 5.02 Å². The van der Waals surface area contributed by atoms with E-state index < -0.39 is 31.1 Å². The highest BCUT2D eigenvalue weighted by Gasteiger charge is 2.35. The van der Waals surface area contributed by atoms with Gasteiger partial charge in [-0.3, -0.25) is 10.1 Å². The summed E-state index contributed by atoms with van der Waals surface area (Å²) in [6, 6.07) is 3.73. The van der Waals surface area contributed by atoms with Crippen LogP contribution in [-0.2, 0) is 10.0 Å². The van der Waals surface area contributed by atoms with E-state index in [9.17, 15) is 18.5 Å². The second kappa shape index (κ2) is 8.25. The summed E-state index contributed by atoms with van der Waals surface area (Å²) < 4.78 is 27.6. The first kappa shape index (κ1) is 22.1. The summed E-state index contributed by atoms with van der Waals surface area (Å²) in [5.74, 6) is 0.192. The first-order valence-corrected chi connectivity index (χ1v) is 8.55. The molecule has 7 nitrogen and oxygen atoms in total. The Morgan fingerprint density at radius 3 is 2.43 bits per heavy atom. The van der Waals surface area contributed by atoms with Crippen LogP contribution in [0.1, 0.15) is 27.2 Å². The molecule has 132 valence electrons. The number of nitrogens with one attached hydrogen (secondary N) is 1. The molecule has 0 saturated heterocycles. The first-order chi connectivity index (χ1) is 10.0. The Morgan fingerprint density at radius 2 is 2.00 bits per heavy atom. The van der Waals surface area contributed by atoms with E-state index in [2.05, 4.69) is 4.72 Å². The molecule has 0 amide bonds. The minimum Gasteiger partial charge on any atom is -0.329 e. The molecule has 0 saturated carbocycles. The Bertz CT molecular complexity index is 667. The zero-order chi connectivity index (χ0) is 17.1. The molecule has 0 bridgehead atoms. The quantitative estimate of drug-likeness (QED) is 0.552. The number of nitro groups is 1. The van der Waals surface area contributed by atoms with E-state index >= 15 is 0 Å². The zero-order valence-electron chi connectivity index (χ0n) is 13.1. The Kier molecular flexibility index (Phi) is 7.92. The van der Waals surface area contributed by atoms with Crippen molar-refractivity contribution in [1.29, 1.82) is 0 Å². The largest absolute Gasteiger partial charge is 0.329 e. The van der Waals surface area contributed by atoms with E-state index in [4.69, 9.17) is 17.3 Å². The minimum atomic E-state index is -4.19. The van der Waals surface area contributed by atoms with Gasteiger partial charge in [0.1, 0.15) is 0 Å². The summed E-state index contributed by atoms with van der Waals surface area (Å²) in [5, 5.41) is 10.9. The Balaban J connectivity index is 0.00000484. The van der Waals surface area contributed by atoms with Crippen molar-refractivity contribution in [2.45, 2.75) is 37.6 Å². The van der Waals surface area contributed by atoms with E-state index in [-0.39, 0.29) is 29.9 Å². The molecule has 0 fully saturated rings. The van der Waals surface area contributed by atoms with Crippen molar-refractivity contribution in [3.63, 3.8) is 0 Å². The standard InChI is InChI=1S/C13H20ClN3O4S.ClH/c1-9(2)7-13(3,8-15)16-22(20,21)12-10(14)5-4-6-11(12)17(18)19;/h4-6,9,16H,7-8,15H2,1-3H3;1H. The van der Waals surface area contributed by atoms with E-state index in [0.29, 0.717) is 6.42 Å². The second-order valence-electron chi connectivity index (χ2n) is 5.81. The van der Waals surface area contributed by atoms with Gasteiger partial charge < -0.3 is 5.73 Å². The van der Waals surface area contributed by atoms with Crippen LogP contribution in [-0.4, -0.2) is 25.4 Å². The van der Waals surface area contributed by atoms with Crippen molar-refractivity contribution in [3.05, 3.63) is 33.3 Å². The van der Waals surface area contributed by atoms with Crippen molar-refractivity contribution in [2.24, 2.45) is 11.7 Å². The number of hydrogen-bond acceptors (Lipinski definition) is 5. The van der Waals surface area contributed by atoms with Gasteiger partial charge >= 0.3 is 0 Å². The van der Waals surface area contributed by atoms with Crippen molar-refractivity contribution in [3.8, 4) is 0 Å². The van der Waals surface area contributed by atoms with Gasteiger partial charge in [-0.2, -0.15) is 0 Å². The lowest BCUT2D eigenvalue weighted by atomic mass is 9.92. The van der Waals surface area contributed by atoms with Gasteiger partial charge in [-0.25, -0.2) is 13.1 Å². The van der Waals surface area contributed by atoms with E-state index in [1.54, 1.807) is 6.92 Å². The normalized spacial score (nSPS) is 14.2. The number of nitrogens with zero attached hydrogens (tertiary/aromatic N) is 1. The molecule has 3 N–H and O–H groups in total. The number of benzene rings is 1. The molecule has 0 aliphatic rings. The number of sulfonamides is 1. The molecule has 0 radical (unpaired) electrons. The molecule has 0 aliphatic carbocycles. The van der Waals surface area contributed by atoms with E-state index in [1.807, 2.05) is 13.8 Å². The highest BCUT2D eigenvalue weighted by atomic mass is 35.5. The molecule has 1 unspecified atom stereocenters. The monoisotopic (exact) mass is 385 g/mol. The highest BCUT2D eigenvalue weighted by molar-refractivity contribution is 7.89. The molecular formula is C13H21Cl2N3O4S. The van der Waals surface area contributed by atoms with Crippen LogP contribution in [0.25, 0.3) is 0 Å². The van der Waals surface area contributed by atoms with Crippen LogP contribution in [0, 0.1) is 16.0 Å². The summed E-state index contributed by atoms with van der Waals surface area (Å²) in [6.07, 6.45) is 0.487. The molecule has 23 heavy (non-hydrogen) atoms. The summed E-state index contributed by atoms with van der Waals surface area (Å²) in [4.78, 5) is 9.75. The van der Waals surface area contributed by atoms with Gasteiger partial charge in [-0.05, 0) is 25.3 Å². The topological polar surface area (TPSA) is 115 Å². The van der Waals surface area contributed by atoms with Crippen LogP contribution >= 0.6 is 24.0 Å². The van der Waals surface area contributed by atoms with Gasteiger partial charge in [0, 0.05) is 18.2 Å². The maximum absolute atomic E-state index is 12.6. The van der Waals surface area contributed by atoms with Gasteiger partial charge in [-0.1, -0.05) is 31.5 Å². The number of rotatable bonds is 7. The number of nitro benzene ring substituents is 1. The van der Waals surface area contributed by atoms with Gasteiger partial charge in [0.15, 0.2) is 4.90 Å². The number of nitrogens with two attached hydrogens (primary N) is 1. The van der Waals surface area contributed by atoms with Crippen LogP contribution in [0.5, 0.6) is 0 Å². The van der Waals surface area contributed by atoms with E-state index in [0.717, 1.165) is 6.07 Å². The molecule has 1 aromatic carbocycles. The maximum atomic E-state index is 12.6. The molecule has 0 aliphatic heterocycles. The van der Waals surface area contributed by atoms with E-state index in [1.165, 1.54) is 12.1 Å². The Labute approximate surface area is 147 Å². The predicted molar refractivity (Wildman–Crippen MR) is 92.6 cm³/mol. The van der Waals surface area contributed by atoms with Crippen molar-refractivity contribution in [2.75, 3.05) is 6.54 Å². The molecule has 0 spiro atoms. The smallest absolute Gasteiger partial charge is 0.290 e. The SMILES string of the molecule is CC(C)CC(C)(CN)NS(=O)(=O)c1c(Cl)cccc1[N+](=O)[O-].Cl. The lowest BCUT2D eigenvalue weighted by Crippen LogP contribution is -2.52. The van der Waals surface area contributed by atoms with Crippen molar-refractivity contribution >= 4 is 39.7 Å². The molecule has 1 aromatic rings. The molecular weight excluding hydrogens is 365 g/mol. The van der Waals surface area contributed by atoms with Gasteiger partial charge in [0.2, 0.25) is 10.0 Å². The third-order valence-electron chi connectivity index (χ3n) is 3.10. The average Bonchev–Trinajstić information content (AvgIpc) is 2.36. The molecule has 10 heteroatoms. The summed E-state index contributed by atoms with van der Waals surface area (Å²) >= 11 is 5.88. The zero-order valence-corrected chi connectivity index (χ0v) is 15.5. The Morgan fingerprint density at radius 1 is 1.43 bits per heavy atom. The second-order valence-corrected chi connectivity index (χ2v) is 7.84. The number of halogens is 2. The Hall–Kier alpha value is -0.930. The van der Waals surface area contributed by atoms with Crippen molar-refractivity contribution < 1.29 is 13.3 Å². The van der Waals surface area contributed by atoms with Gasteiger partial charge in [0.05, 0.1) is 9.95 Å². The van der Waals surface area contributed by atoms with Crippen LogP contribution in [0.3, 0.4) is 0 Å². The lowest BCUT2D eigenvalue weighted by Gasteiger charge is -2.30.